The summed E-state index contributed by atoms with van der Waals surface area (Å²) in [5.41, 5.74) is 6.99. The first-order valence-corrected chi connectivity index (χ1v) is 7.01. The Hall–Kier alpha value is -2.28. The summed E-state index contributed by atoms with van der Waals surface area (Å²) in [4.78, 5) is 12.6. The van der Waals surface area contributed by atoms with Crippen molar-refractivity contribution in [2.45, 2.75) is 32.2 Å². The minimum Gasteiger partial charge on any atom is -0.327 e. The van der Waals surface area contributed by atoms with Crippen molar-refractivity contribution in [2.75, 3.05) is 5.32 Å². The molecule has 1 saturated carbocycles. The van der Waals surface area contributed by atoms with Gasteiger partial charge >= 0.3 is 0 Å². The fraction of sp³-hybridized carbons (Fsp3) is 0.429. The molecule has 3 rings (SSSR count). The van der Waals surface area contributed by atoms with Crippen molar-refractivity contribution in [3.63, 3.8) is 0 Å². The van der Waals surface area contributed by atoms with Gasteiger partial charge in [-0.3, -0.25) is 4.79 Å². The van der Waals surface area contributed by atoms with Crippen LogP contribution in [0.1, 0.15) is 26.2 Å². The quantitative estimate of drug-likeness (QED) is 0.881. The molecule has 0 bridgehead atoms. The van der Waals surface area contributed by atoms with Crippen molar-refractivity contribution in [3.8, 4) is 5.69 Å². The highest BCUT2D eigenvalue weighted by Crippen LogP contribution is 2.38. The van der Waals surface area contributed by atoms with Crippen LogP contribution in [0.2, 0.25) is 0 Å². The molecule has 2 atom stereocenters. The van der Waals surface area contributed by atoms with Crippen molar-refractivity contribution >= 4 is 11.6 Å². The number of tetrazole rings is 1. The third-order valence-corrected chi connectivity index (χ3v) is 4.30. The molecule has 2 unspecified atom stereocenters. The fourth-order valence-electron chi connectivity index (χ4n) is 2.79. The van der Waals surface area contributed by atoms with E-state index in [4.69, 9.17) is 5.73 Å². The molecular formula is C14H18N6O. The van der Waals surface area contributed by atoms with E-state index in [9.17, 15) is 4.79 Å². The Morgan fingerprint density at radius 3 is 2.95 bits per heavy atom. The Labute approximate surface area is 122 Å². The second-order valence-corrected chi connectivity index (χ2v) is 5.64. The maximum absolute atomic E-state index is 12.6. The lowest BCUT2D eigenvalue weighted by Gasteiger charge is -2.27. The summed E-state index contributed by atoms with van der Waals surface area (Å²) in [5, 5.41) is 14.1. The fourth-order valence-corrected chi connectivity index (χ4v) is 2.79. The molecular weight excluding hydrogens is 268 g/mol. The first-order valence-electron chi connectivity index (χ1n) is 7.01. The van der Waals surface area contributed by atoms with Gasteiger partial charge in [0.15, 0.2) is 0 Å². The van der Waals surface area contributed by atoms with Crippen LogP contribution in [0.3, 0.4) is 0 Å². The molecule has 1 heterocycles. The minimum absolute atomic E-state index is 0.0481. The number of amides is 1. The molecule has 110 valence electrons. The molecule has 0 saturated heterocycles. The van der Waals surface area contributed by atoms with Crippen molar-refractivity contribution in [1.29, 1.82) is 0 Å². The number of nitrogens with one attached hydrogen (secondary N) is 1. The van der Waals surface area contributed by atoms with Crippen LogP contribution in [-0.4, -0.2) is 32.2 Å². The van der Waals surface area contributed by atoms with E-state index in [1.165, 1.54) is 11.0 Å². The molecule has 7 nitrogen and oxygen atoms in total. The van der Waals surface area contributed by atoms with E-state index in [0.29, 0.717) is 5.69 Å². The molecule has 0 aliphatic heterocycles. The van der Waals surface area contributed by atoms with Gasteiger partial charge in [0.2, 0.25) is 5.91 Å². The highest BCUT2D eigenvalue weighted by Gasteiger charge is 2.43. The molecule has 1 aliphatic rings. The van der Waals surface area contributed by atoms with Gasteiger partial charge in [-0.2, -0.15) is 4.68 Å². The van der Waals surface area contributed by atoms with Crippen LogP contribution in [0.25, 0.3) is 5.69 Å². The summed E-state index contributed by atoms with van der Waals surface area (Å²) in [6, 6.07) is 7.32. The minimum atomic E-state index is -0.520. The van der Waals surface area contributed by atoms with Gasteiger partial charge in [0.25, 0.3) is 0 Å². The van der Waals surface area contributed by atoms with Crippen LogP contribution in [0.5, 0.6) is 0 Å². The van der Waals surface area contributed by atoms with E-state index in [2.05, 4.69) is 20.8 Å². The lowest BCUT2D eigenvalue weighted by atomic mass is 9.84. The Kier molecular flexibility index (Phi) is 3.42. The third-order valence-electron chi connectivity index (χ3n) is 4.30. The summed E-state index contributed by atoms with van der Waals surface area (Å²) in [5.74, 6) is -0.0481. The maximum atomic E-state index is 12.6. The highest BCUT2D eigenvalue weighted by molar-refractivity contribution is 5.97. The molecule has 2 aromatic rings. The zero-order chi connectivity index (χ0) is 14.9. The van der Waals surface area contributed by atoms with Crippen LogP contribution in [0.4, 0.5) is 5.69 Å². The van der Waals surface area contributed by atoms with Crippen molar-refractivity contribution in [1.82, 2.24) is 20.2 Å². The predicted octanol–water partition coefficient (Wildman–Crippen LogP) is 1.12. The highest BCUT2D eigenvalue weighted by atomic mass is 16.2. The van der Waals surface area contributed by atoms with Gasteiger partial charge in [-0.1, -0.05) is 18.6 Å². The molecule has 21 heavy (non-hydrogen) atoms. The second kappa shape index (κ2) is 5.25. The summed E-state index contributed by atoms with van der Waals surface area (Å²) < 4.78 is 1.52. The molecule has 1 aliphatic carbocycles. The summed E-state index contributed by atoms with van der Waals surface area (Å²) >= 11 is 0. The maximum Gasteiger partial charge on any atom is 0.231 e. The SMILES string of the molecule is CC1(C(=O)Nc2ccccc2-n2cnnn2)CCCC1N. The Balaban J connectivity index is 1.87. The van der Waals surface area contributed by atoms with Crippen molar-refractivity contribution in [3.05, 3.63) is 30.6 Å². The molecule has 1 aromatic carbocycles. The standard InChI is InChI=1S/C14H18N6O/c1-14(8-4-7-12(14)15)13(21)17-10-5-2-3-6-11(10)20-9-16-18-19-20/h2-3,5-6,9,12H,4,7-8,15H2,1H3,(H,17,21). The number of nitrogens with two attached hydrogens (primary N) is 1. The van der Waals surface area contributed by atoms with E-state index in [0.717, 1.165) is 24.9 Å². The molecule has 1 amide bonds. The number of anilines is 1. The van der Waals surface area contributed by atoms with Gasteiger partial charge < -0.3 is 11.1 Å². The second-order valence-electron chi connectivity index (χ2n) is 5.64. The lowest BCUT2D eigenvalue weighted by molar-refractivity contribution is -0.125. The number of hydrogen-bond acceptors (Lipinski definition) is 5. The first kappa shape index (κ1) is 13.7. The van der Waals surface area contributed by atoms with Gasteiger partial charge in [-0.15, -0.1) is 5.10 Å². The smallest absolute Gasteiger partial charge is 0.231 e. The third kappa shape index (κ3) is 2.40. The van der Waals surface area contributed by atoms with Crippen LogP contribution in [0.15, 0.2) is 30.6 Å². The van der Waals surface area contributed by atoms with Gasteiger partial charge in [0, 0.05) is 6.04 Å². The number of carbonyl (C=O) groups is 1. The lowest BCUT2D eigenvalue weighted by Crippen LogP contribution is -2.44. The molecule has 0 radical (unpaired) electrons. The zero-order valence-electron chi connectivity index (χ0n) is 11.9. The van der Waals surface area contributed by atoms with Gasteiger partial charge in [0.05, 0.1) is 16.8 Å². The van der Waals surface area contributed by atoms with Crippen LogP contribution in [0, 0.1) is 5.41 Å². The Morgan fingerprint density at radius 2 is 2.29 bits per heavy atom. The molecule has 7 heteroatoms. The topological polar surface area (TPSA) is 98.7 Å². The van der Waals surface area contributed by atoms with E-state index >= 15 is 0 Å². The summed E-state index contributed by atoms with van der Waals surface area (Å²) in [6.45, 7) is 1.93. The zero-order valence-corrected chi connectivity index (χ0v) is 11.9. The largest absolute Gasteiger partial charge is 0.327 e. The van der Waals surface area contributed by atoms with Crippen LogP contribution >= 0.6 is 0 Å². The Bertz CT molecular complexity index is 641. The average Bonchev–Trinajstić information content (AvgIpc) is 3.11. The van der Waals surface area contributed by atoms with Crippen LogP contribution in [-0.2, 0) is 4.79 Å². The summed E-state index contributed by atoms with van der Waals surface area (Å²) in [6.07, 6.45) is 4.18. The number of para-hydroxylation sites is 2. The van der Waals surface area contributed by atoms with Gasteiger partial charge in [0.1, 0.15) is 6.33 Å². The molecule has 0 spiro atoms. The first-order chi connectivity index (χ1) is 10.1. The summed E-state index contributed by atoms with van der Waals surface area (Å²) in [7, 11) is 0. The normalized spacial score (nSPS) is 25.0. The number of carbonyl (C=O) groups excluding carboxylic acids is 1. The van der Waals surface area contributed by atoms with Crippen molar-refractivity contribution in [2.24, 2.45) is 11.1 Å². The van der Waals surface area contributed by atoms with Gasteiger partial charge in [-0.25, -0.2) is 0 Å². The Morgan fingerprint density at radius 1 is 1.48 bits per heavy atom. The van der Waals surface area contributed by atoms with Crippen molar-refractivity contribution < 1.29 is 4.79 Å². The number of nitrogens with zero attached hydrogens (tertiary/aromatic N) is 4. The van der Waals surface area contributed by atoms with Gasteiger partial charge in [-0.05, 0) is 42.3 Å². The van der Waals surface area contributed by atoms with Crippen LogP contribution < -0.4 is 11.1 Å². The number of hydrogen-bond donors (Lipinski definition) is 2. The van der Waals surface area contributed by atoms with E-state index in [1.807, 2.05) is 31.2 Å². The van der Waals surface area contributed by atoms with E-state index < -0.39 is 5.41 Å². The number of aromatic nitrogens is 4. The molecule has 1 aromatic heterocycles. The molecule has 3 N–H and O–H groups in total. The monoisotopic (exact) mass is 286 g/mol. The predicted molar refractivity (Wildman–Crippen MR) is 77.7 cm³/mol. The number of benzene rings is 1. The average molecular weight is 286 g/mol. The van der Waals surface area contributed by atoms with E-state index in [-0.39, 0.29) is 11.9 Å². The van der Waals surface area contributed by atoms with E-state index in [1.54, 1.807) is 0 Å². The number of rotatable bonds is 3. The molecule has 1 fully saturated rings.